The Labute approximate surface area is 115 Å². The molecule has 5 nitrogen and oxygen atoms in total. The Hall–Kier alpha value is -1.52. The maximum Gasteiger partial charge on any atom is 0.236 e. The van der Waals surface area contributed by atoms with E-state index in [1.165, 1.54) is 44.9 Å². The summed E-state index contributed by atoms with van der Waals surface area (Å²) in [5, 5.41) is 9.56. The topological polar surface area (TPSA) is 76.4 Å². The molecule has 1 heterocycles. The molecule has 0 aromatic carbocycles. The summed E-state index contributed by atoms with van der Waals surface area (Å²) in [5.74, 6) is 0.0668. The summed E-state index contributed by atoms with van der Waals surface area (Å²) in [6.07, 6.45) is 11.8. The Bertz CT molecular complexity index is 414. The van der Waals surface area contributed by atoms with Crippen molar-refractivity contribution >= 4 is 5.95 Å². The number of hydrogen-bond acceptors (Lipinski definition) is 4. The summed E-state index contributed by atoms with van der Waals surface area (Å²) in [4.78, 5) is 8.07. The van der Waals surface area contributed by atoms with Gasteiger partial charge in [-0.05, 0) is 6.42 Å². The van der Waals surface area contributed by atoms with Crippen molar-refractivity contribution < 1.29 is 5.21 Å². The number of hydrogen-bond donors (Lipinski definition) is 2. The van der Waals surface area contributed by atoms with Crippen LogP contribution in [0.1, 0.15) is 58.3 Å². The van der Waals surface area contributed by atoms with Crippen LogP contribution in [0.25, 0.3) is 0 Å². The van der Waals surface area contributed by atoms with Gasteiger partial charge in [0.25, 0.3) is 0 Å². The summed E-state index contributed by atoms with van der Waals surface area (Å²) in [6.45, 7) is 2.96. The first-order valence-electron chi connectivity index (χ1n) is 7.29. The van der Waals surface area contributed by atoms with Crippen LogP contribution in [0.2, 0.25) is 0 Å². The first-order chi connectivity index (χ1) is 9.25. The van der Waals surface area contributed by atoms with Gasteiger partial charge in [0.1, 0.15) is 0 Å². The van der Waals surface area contributed by atoms with Crippen molar-refractivity contribution in [2.45, 2.75) is 58.3 Å². The smallest absolute Gasteiger partial charge is 0.236 e. The molecule has 19 heavy (non-hydrogen) atoms. The highest BCUT2D eigenvalue weighted by atomic mass is 16.5. The van der Waals surface area contributed by atoms with Gasteiger partial charge in [0.05, 0.1) is 0 Å². The zero-order valence-electron chi connectivity index (χ0n) is 11.9. The van der Waals surface area contributed by atoms with E-state index in [-0.39, 0.29) is 5.95 Å². The Morgan fingerprint density at radius 1 is 1.16 bits per heavy atom. The number of unbranched alkanes of at least 4 members (excludes halogenated alkanes) is 7. The van der Waals surface area contributed by atoms with Crippen molar-refractivity contribution in [3.63, 3.8) is 0 Å². The second-order valence-corrected chi connectivity index (χ2v) is 4.83. The minimum atomic E-state index is 0.0668. The molecule has 1 aromatic heterocycles. The second-order valence-electron chi connectivity index (χ2n) is 4.83. The fraction of sp³-hybridized carbons (Fsp3) is 0.714. The summed E-state index contributed by atoms with van der Waals surface area (Å²) in [7, 11) is 0. The van der Waals surface area contributed by atoms with Crippen molar-refractivity contribution in [1.29, 1.82) is 0 Å². The molecule has 0 spiro atoms. The molecule has 0 bridgehead atoms. The van der Waals surface area contributed by atoms with Crippen molar-refractivity contribution in [3.05, 3.63) is 17.8 Å². The highest BCUT2D eigenvalue weighted by Gasteiger charge is 1.95. The predicted molar refractivity (Wildman–Crippen MR) is 76.9 cm³/mol. The lowest BCUT2D eigenvalue weighted by Crippen LogP contribution is -2.22. The minimum Gasteiger partial charge on any atom is -0.423 e. The first-order valence-corrected chi connectivity index (χ1v) is 7.29. The Morgan fingerprint density at radius 2 is 1.79 bits per heavy atom. The molecule has 1 rings (SSSR count). The number of rotatable bonds is 9. The van der Waals surface area contributed by atoms with Gasteiger partial charge in [-0.25, -0.2) is 4.98 Å². The molecule has 0 fully saturated rings. The van der Waals surface area contributed by atoms with Crippen LogP contribution in [-0.4, -0.2) is 21.5 Å². The summed E-state index contributed by atoms with van der Waals surface area (Å²) in [6, 6.07) is 1.65. The molecule has 0 aliphatic carbocycles. The average Bonchev–Trinajstić information content (AvgIpc) is 2.41. The van der Waals surface area contributed by atoms with Crippen LogP contribution < -0.4 is 11.2 Å². The third kappa shape index (κ3) is 6.27. The molecular weight excluding hydrogens is 240 g/mol. The summed E-state index contributed by atoms with van der Waals surface area (Å²) in [5.41, 5.74) is 5.94. The monoisotopic (exact) mass is 266 g/mol. The van der Waals surface area contributed by atoms with Crippen LogP contribution in [0.15, 0.2) is 17.3 Å². The fourth-order valence-corrected chi connectivity index (χ4v) is 1.98. The van der Waals surface area contributed by atoms with Crippen molar-refractivity contribution in [2.75, 3.05) is 12.3 Å². The number of anilines is 1. The van der Waals surface area contributed by atoms with Crippen LogP contribution in [-0.2, 0) is 0 Å². The zero-order valence-corrected chi connectivity index (χ0v) is 11.9. The first kappa shape index (κ1) is 15.5. The molecular formula is C14H26N4O. The largest absolute Gasteiger partial charge is 0.423 e. The van der Waals surface area contributed by atoms with Gasteiger partial charge in [0.15, 0.2) is 5.49 Å². The predicted octanol–water partition coefficient (Wildman–Crippen LogP) is 2.74. The Kier molecular flexibility index (Phi) is 7.70. The highest BCUT2D eigenvalue weighted by molar-refractivity contribution is 5.13. The van der Waals surface area contributed by atoms with E-state index >= 15 is 0 Å². The maximum atomic E-state index is 9.56. The van der Waals surface area contributed by atoms with E-state index in [1.54, 1.807) is 12.3 Å². The molecule has 0 saturated carbocycles. The van der Waals surface area contributed by atoms with Crippen LogP contribution >= 0.6 is 0 Å². The average molecular weight is 266 g/mol. The van der Waals surface area contributed by atoms with Crippen molar-refractivity contribution in [1.82, 2.24) is 9.71 Å². The number of nitrogens with two attached hydrogens (primary N) is 1. The molecule has 5 heteroatoms. The van der Waals surface area contributed by atoms with Gasteiger partial charge in [0, 0.05) is 18.8 Å². The van der Waals surface area contributed by atoms with E-state index in [1.807, 2.05) is 0 Å². The SMILES string of the molecule is CCCCCCCCCCN=c1ccnc(N)n1O. The molecule has 0 saturated heterocycles. The minimum absolute atomic E-state index is 0.0668. The van der Waals surface area contributed by atoms with E-state index in [4.69, 9.17) is 5.73 Å². The summed E-state index contributed by atoms with van der Waals surface area (Å²) >= 11 is 0. The van der Waals surface area contributed by atoms with Gasteiger partial charge < -0.3 is 10.9 Å². The normalized spacial score (nSPS) is 11.9. The van der Waals surface area contributed by atoms with Crippen molar-refractivity contribution in [2.24, 2.45) is 4.99 Å². The van der Waals surface area contributed by atoms with Gasteiger partial charge in [0.2, 0.25) is 5.95 Å². The number of nitrogens with zero attached hydrogens (tertiary/aromatic N) is 3. The van der Waals surface area contributed by atoms with Crippen LogP contribution in [0, 0.1) is 0 Å². The van der Waals surface area contributed by atoms with Gasteiger partial charge in [-0.3, -0.25) is 4.99 Å². The van der Waals surface area contributed by atoms with Crippen molar-refractivity contribution in [3.8, 4) is 0 Å². The molecule has 0 atom stereocenters. The van der Waals surface area contributed by atoms with E-state index in [0.717, 1.165) is 17.7 Å². The van der Waals surface area contributed by atoms with Gasteiger partial charge in [-0.15, -0.1) is 4.73 Å². The third-order valence-electron chi connectivity index (χ3n) is 3.15. The van der Waals surface area contributed by atoms with Crippen LogP contribution in [0.5, 0.6) is 0 Å². The quantitative estimate of drug-likeness (QED) is 0.533. The van der Waals surface area contributed by atoms with E-state index in [0.29, 0.717) is 5.49 Å². The lowest BCUT2D eigenvalue weighted by molar-refractivity contribution is 0.175. The molecule has 0 amide bonds. The van der Waals surface area contributed by atoms with E-state index in [2.05, 4.69) is 16.9 Å². The fourth-order valence-electron chi connectivity index (χ4n) is 1.98. The number of nitrogen functional groups attached to an aromatic ring is 1. The Balaban J connectivity index is 2.15. The van der Waals surface area contributed by atoms with E-state index < -0.39 is 0 Å². The third-order valence-corrected chi connectivity index (χ3v) is 3.15. The molecule has 0 radical (unpaired) electrons. The van der Waals surface area contributed by atoms with Crippen LogP contribution in [0.4, 0.5) is 5.95 Å². The molecule has 0 unspecified atom stereocenters. The standard InChI is InChI=1S/C14H26N4O/c1-2-3-4-5-6-7-8-9-11-16-13-10-12-17-14(15)18(13)19/h10,12,19H,2-9,11H2,1H3,(H2,15,17). The van der Waals surface area contributed by atoms with Gasteiger partial charge in [-0.2, -0.15) is 0 Å². The molecule has 3 N–H and O–H groups in total. The Morgan fingerprint density at radius 3 is 2.47 bits per heavy atom. The van der Waals surface area contributed by atoms with Gasteiger partial charge >= 0.3 is 0 Å². The highest BCUT2D eigenvalue weighted by Crippen LogP contribution is 2.08. The van der Waals surface area contributed by atoms with E-state index in [9.17, 15) is 5.21 Å². The molecule has 0 aliphatic rings. The van der Waals surface area contributed by atoms with Crippen LogP contribution in [0.3, 0.4) is 0 Å². The molecule has 1 aromatic rings. The molecule has 0 aliphatic heterocycles. The second kappa shape index (κ2) is 9.42. The molecule has 108 valence electrons. The lowest BCUT2D eigenvalue weighted by atomic mass is 10.1. The summed E-state index contributed by atoms with van der Waals surface area (Å²) < 4.78 is 0.824. The number of aromatic nitrogens is 2. The van der Waals surface area contributed by atoms with Gasteiger partial charge in [-0.1, -0.05) is 51.9 Å². The maximum absolute atomic E-state index is 9.56. The zero-order chi connectivity index (χ0) is 13.9. The lowest BCUT2D eigenvalue weighted by Gasteiger charge is -2.02.